The van der Waals surface area contributed by atoms with Crippen molar-refractivity contribution >= 4 is 23.0 Å². The molecule has 4 rings (SSSR count). The van der Waals surface area contributed by atoms with Crippen LogP contribution in [0, 0.1) is 6.92 Å². The fraction of sp³-hybridized carbons (Fsp3) is 0.350. The van der Waals surface area contributed by atoms with Gasteiger partial charge in [0, 0.05) is 12.2 Å². The lowest BCUT2D eigenvalue weighted by molar-refractivity contribution is 0.171. The maximum absolute atomic E-state index is 5.73. The average molecular weight is 354 g/mol. The Morgan fingerprint density at radius 2 is 1.84 bits per heavy atom. The van der Waals surface area contributed by atoms with Crippen molar-refractivity contribution in [1.29, 1.82) is 0 Å². The van der Waals surface area contributed by atoms with E-state index in [1.807, 2.05) is 6.07 Å². The standard InChI is InChI=1S/C20H22N2O2S/c1-14-4-7-16(8-5-14)21-20(25)22-10-2-3-17(22)15-6-9-18-19(13-15)24-12-11-23-18/h4-9,13,17H,2-3,10-12H2,1H3,(H,21,25)/t17-/m0/s1. The highest BCUT2D eigenvalue weighted by atomic mass is 32.1. The Labute approximate surface area is 153 Å². The van der Waals surface area contributed by atoms with Crippen molar-refractivity contribution in [3.05, 3.63) is 53.6 Å². The predicted octanol–water partition coefficient (Wildman–Crippen LogP) is 4.30. The molecule has 1 fully saturated rings. The van der Waals surface area contributed by atoms with E-state index in [2.05, 4.69) is 53.5 Å². The van der Waals surface area contributed by atoms with Gasteiger partial charge in [0.2, 0.25) is 0 Å². The topological polar surface area (TPSA) is 33.7 Å². The molecule has 1 N–H and O–H groups in total. The van der Waals surface area contributed by atoms with Gasteiger partial charge in [-0.1, -0.05) is 23.8 Å². The molecule has 0 amide bonds. The van der Waals surface area contributed by atoms with Crippen molar-refractivity contribution in [3.8, 4) is 11.5 Å². The number of hydrogen-bond donors (Lipinski definition) is 1. The summed E-state index contributed by atoms with van der Waals surface area (Å²) in [5, 5.41) is 4.15. The molecule has 2 aliphatic rings. The van der Waals surface area contributed by atoms with Gasteiger partial charge in [-0.25, -0.2) is 0 Å². The number of anilines is 1. The van der Waals surface area contributed by atoms with Crippen molar-refractivity contribution in [2.75, 3.05) is 25.1 Å². The molecular weight excluding hydrogens is 332 g/mol. The Bertz CT molecular complexity index is 776. The van der Waals surface area contributed by atoms with Gasteiger partial charge in [0.15, 0.2) is 16.6 Å². The molecule has 4 nitrogen and oxygen atoms in total. The minimum absolute atomic E-state index is 0.279. The Balaban J connectivity index is 1.51. The number of aryl methyl sites for hydroxylation is 1. The smallest absolute Gasteiger partial charge is 0.173 e. The number of hydrogen-bond acceptors (Lipinski definition) is 3. The minimum atomic E-state index is 0.279. The van der Waals surface area contributed by atoms with Crippen LogP contribution in [0.15, 0.2) is 42.5 Å². The molecule has 0 saturated carbocycles. The number of thiocarbonyl (C=S) groups is 1. The first-order valence-corrected chi connectivity index (χ1v) is 9.15. The van der Waals surface area contributed by atoms with Crippen molar-refractivity contribution < 1.29 is 9.47 Å². The van der Waals surface area contributed by atoms with Crippen LogP contribution in [-0.4, -0.2) is 29.8 Å². The number of nitrogens with one attached hydrogen (secondary N) is 1. The minimum Gasteiger partial charge on any atom is -0.486 e. The van der Waals surface area contributed by atoms with Gasteiger partial charge in [-0.3, -0.25) is 0 Å². The van der Waals surface area contributed by atoms with Crippen LogP contribution in [0.4, 0.5) is 5.69 Å². The summed E-state index contributed by atoms with van der Waals surface area (Å²) in [6.07, 6.45) is 2.23. The summed E-state index contributed by atoms with van der Waals surface area (Å²) in [5.41, 5.74) is 3.50. The predicted molar refractivity (Wildman–Crippen MR) is 104 cm³/mol. The van der Waals surface area contributed by atoms with E-state index in [1.54, 1.807) is 0 Å². The zero-order valence-corrected chi connectivity index (χ0v) is 15.1. The van der Waals surface area contributed by atoms with Gasteiger partial charge in [-0.05, 0) is 61.8 Å². The summed E-state index contributed by atoms with van der Waals surface area (Å²) in [6.45, 7) is 4.28. The number of nitrogens with zero attached hydrogens (tertiary/aromatic N) is 1. The fourth-order valence-corrected chi connectivity index (χ4v) is 3.79. The van der Waals surface area contributed by atoms with E-state index >= 15 is 0 Å². The maximum atomic E-state index is 5.73. The first-order valence-electron chi connectivity index (χ1n) is 8.74. The molecule has 0 radical (unpaired) electrons. The van der Waals surface area contributed by atoms with Gasteiger partial charge in [-0.15, -0.1) is 0 Å². The van der Waals surface area contributed by atoms with Gasteiger partial charge in [-0.2, -0.15) is 0 Å². The summed E-state index contributed by atoms with van der Waals surface area (Å²) in [4.78, 5) is 2.28. The zero-order valence-electron chi connectivity index (χ0n) is 14.3. The molecule has 2 heterocycles. The van der Waals surface area contributed by atoms with E-state index in [0.29, 0.717) is 13.2 Å². The lowest BCUT2D eigenvalue weighted by Gasteiger charge is -2.29. The average Bonchev–Trinajstić information content (AvgIpc) is 3.13. The van der Waals surface area contributed by atoms with Crippen LogP contribution in [-0.2, 0) is 0 Å². The lowest BCUT2D eigenvalue weighted by atomic mass is 10.0. The van der Waals surface area contributed by atoms with Gasteiger partial charge in [0.25, 0.3) is 0 Å². The van der Waals surface area contributed by atoms with Crippen LogP contribution in [0.2, 0.25) is 0 Å². The first-order chi connectivity index (χ1) is 12.2. The number of benzene rings is 2. The highest BCUT2D eigenvalue weighted by molar-refractivity contribution is 7.80. The van der Waals surface area contributed by atoms with E-state index in [0.717, 1.165) is 41.7 Å². The van der Waals surface area contributed by atoms with Gasteiger partial charge in [0.1, 0.15) is 13.2 Å². The molecule has 2 aromatic carbocycles. The molecule has 5 heteroatoms. The molecular formula is C20H22N2O2S. The summed E-state index contributed by atoms with van der Waals surface area (Å²) < 4.78 is 11.4. The third kappa shape index (κ3) is 3.42. The molecule has 1 atom stereocenters. The number of likely N-dealkylation sites (tertiary alicyclic amines) is 1. The quantitative estimate of drug-likeness (QED) is 0.813. The van der Waals surface area contributed by atoms with Gasteiger partial charge < -0.3 is 19.7 Å². The van der Waals surface area contributed by atoms with Crippen molar-refractivity contribution in [2.24, 2.45) is 0 Å². The first kappa shape index (κ1) is 16.2. The summed E-state index contributed by atoms with van der Waals surface area (Å²) in [6, 6.07) is 14.8. The van der Waals surface area contributed by atoms with Crippen LogP contribution < -0.4 is 14.8 Å². The molecule has 2 aliphatic heterocycles. The number of ether oxygens (including phenoxy) is 2. The van der Waals surface area contributed by atoms with Crippen LogP contribution in [0.1, 0.15) is 30.0 Å². The number of rotatable bonds is 2. The normalized spacial score (nSPS) is 18.9. The summed E-state index contributed by atoms with van der Waals surface area (Å²) >= 11 is 5.69. The van der Waals surface area contributed by atoms with Crippen molar-refractivity contribution in [2.45, 2.75) is 25.8 Å². The molecule has 0 aliphatic carbocycles. The molecule has 1 saturated heterocycles. The van der Waals surface area contributed by atoms with Gasteiger partial charge in [0.05, 0.1) is 6.04 Å². The van der Waals surface area contributed by atoms with E-state index in [4.69, 9.17) is 21.7 Å². The maximum Gasteiger partial charge on any atom is 0.173 e. The Kier molecular flexibility index (Phi) is 4.49. The van der Waals surface area contributed by atoms with Crippen molar-refractivity contribution in [1.82, 2.24) is 4.90 Å². The molecule has 0 unspecified atom stereocenters. The number of fused-ring (bicyclic) bond motifs is 1. The molecule has 0 aromatic heterocycles. The van der Waals surface area contributed by atoms with Crippen LogP contribution in [0.25, 0.3) is 0 Å². The molecule has 130 valence electrons. The lowest BCUT2D eigenvalue weighted by Crippen LogP contribution is -2.34. The largest absolute Gasteiger partial charge is 0.486 e. The van der Waals surface area contributed by atoms with Crippen LogP contribution in [0.3, 0.4) is 0 Å². The highest BCUT2D eigenvalue weighted by Crippen LogP contribution is 2.38. The highest BCUT2D eigenvalue weighted by Gasteiger charge is 2.29. The summed E-state index contributed by atoms with van der Waals surface area (Å²) in [7, 11) is 0. The second-order valence-corrected chi connectivity index (χ2v) is 6.94. The third-order valence-corrected chi connectivity index (χ3v) is 5.10. The monoisotopic (exact) mass is 354 g/mol. The van der Waals surface area contributed by atoms with Crippen molar-refractivity contribution in [3.63, 3.8) is 0 Å². The Hall–Kier alpha value is -2.27. The summed E-state index contributed by atoms with van der Waals surface area (Å²) in [5.74, 6) is 1.67. The van der Waals surface area contributed by atoms with Gasteiger partial charge >= 0.3 is 0 Å². The molecule has 0 spiro atoms. The van der Waals surface area contributed by atoms with E-state index in [1.165, 1.54) is 11.1 Å². The third-order valence-electron chi connectivity index (χ3n) is 4.77. The SMILES string of the molecule is Cc1ccc(NC(=S)N2CCC[C@H]2c2ccc3c(c2)OCCO3)cc1. The molecule has 25 heavy (non-hydrogen) atoms. The zero-order chi connectivity index (χ0) is 17.2. The van der Waals surface area contributed by atoms with E-state index in [-0.39, 0.29) is 6.04 Å². The molecule has 2 aromatic rings. The second kappa shape index (κ2) is 6.92. The van der Waals surface area contributed by atoms with Crippen LogP contribution in [0.5, 0.6) is 11.5 Å². The van der Waals surface area contributed by atoms with E-state index in [9.17, 15) is 0 Å². The fourth-order valence-electron chi connectivity index (χ4n) is 3.46. The molecule has 0 bridgehead atoms. The Morgan fingerprint density at radius 3 is 2.64 bits per heavy atom. The van der Waals surface area contributed by atoms with Crippen LogP contribution >= 0.6 is 12.2 Å². The van der Waals surface area contributed by atoms with E-state index < -0.39 is 0 Å². The Morgan fingerprint density at radius 1 is 1.08 bits per heavy atom. The second-order valence-electron chi connectivity index (χ2n) is 6.55.